The van der Waals surface area contributed by atoms with E-state index in [0.29, 0.717) is 0 Å². The van der Waals surface area contributed by atoms with Crippen LogP contribution in [-0.4, -0.2) is 36.2 Å². The molecule has 2 aliphatic rings. The van der Waals surface area contributed by atoms with Crippen molar-refractivity contribution in [2.24, 2.45) is 0 Å². The molecule has 2 saturated heterocycles. The normalized spacial score (nSPS) is 33.7. The Balaban J connectivity index is 0.000000112. The van der Waals surface area contributed by atoms with Gasteiger partial charge in [0, 0.05) is 32.1 Å². The van der Waals surface area contributed by atoms with E-state index in [0.717, 1.165) is 19.0 Å². The van der Waals surface area contributed by atoms with E-state index in [9.17, 15) is 0 Å². The summed E-state index contributed by atoms with van der Waals surface area (Å²) in [5.41, 5.74) is 0. The Morgan fingerprint density at radius 3 is 2.00 bits per heavy atom. The fourth-order valence-electron chi connectivity index (χ4n) is 1.02. The molecular weight excluding hydrogens is 132 g/mol. The highest BCUT2D eigenvalue weighted by atomic mass is 16.4. The maximum atomic E-state index is 9.00. The van der Waals surface area contributed by atoms with E-state index < -0.39 is 5.97 Å². The van der Waals surface area contributed by atoms with E-state index in [2.05, 4.69) is 10.6 Å². The molecule has 0 aromatic rings. The van der Waals surface area contributed by atoms with Crippen molar-refractivity contribution in [3.8, 4) is 0 Å². The number of nitrogens with one attached hydrogen (secondary N) is 2. The van der Waals surface area contributed by atoms with Crippen molar-refractivity contribution < 1.29 is 9.90 Å². The molecule has 2 rings (SSSR count). The number of piperazine rings is 1. The van der Waals surface area contributed by atoms with Crippen molar-refractivity contribution in [1.82, 2.24) is 10.6 Å². The first-order valence-corrected chi connectivity index (χ1v) is 3.36. The molecule has 2 unspecified atom stereocenters. The molecule has 2 aliphatic heterocycles. The largest absolute Gasteiger partial charge is 0.481 e. The van der Waals surface area contributed by atoms with Crippen molar-refractivity contribution in [2.75, 3.05) is 13.1 Å². The van der Waals surface area contributed by atoms with Crippen molar-refractivity contribution >= 4 is 5.97 Å². The van der Waals surface area contributed by atoms with Crippen molar-refractivity contribution in [1.29, 1.82) is 0 Å². The molecule has 2 fully saturated rings. The number of carboxylic acids is 1. The number of fused-ring (bicyclic) bond motifs is 1. The van der Waals surface area contributed by atoms with Gasteiger partial charge < -0.3 is 15.7 Å². The third-order valence-corrected chi connectivity index (χ3v) is 1.53. The van der Waals surface area contributed by atoms with Gasteiger partial charge >= 0.3 is 0 Å². The van der Waals surface area contributed by atoms with E-state index in [4.69, 9.17) is 9.90 Å². The van der Waals surface area contributed by atoms with E-state index in [1.165, 1.54) is 13.1 Å². The molecule has 2 heterocycles. The summed E-state index contributed by atoms with van der Waals surface area (Å²) in [6.07, 6.45) is 0. The lowest BCUT2D eigenvalue weighted by atomic mass is 10.4. The molecule has 4 heteroatoms. The highest BCUT2D eigenvalue weighted by molar-refractivity contribution is 5.62. The average molecular weight is 144 g/mol. The Morgan fingerprint density at radius 2 is 1.90 bits per heavy atom. The number of carboxylic acid groups (broad SMARTS) is 1. The monoisotopic (exact) mass is 144 g/mol. The Morgan fingerprint density at radius 1 is 1.50 bits per heavy atom. The maximum Gasteiger partial charge on any atom is 0.300 e. The van der Waals surface area contributed by atoms with Gasteiger partial charge in [-0.2, -0.15) is 0 Å². The van der Waals surface area contributed by atoms with E-state index in [-0.39, 0.29) is 0 Å². The third kappa shape index (κ3) is 2.33. The van der Waals surface area contributed by atoms with Crippen LogP contribution in [0, 0.1) is 0 Å². The lowest BCUT2D eigenvalue weighted by molar-refractivity contribution is -0.134. The summed E-state index contributed by atoms with van der Waals surface area (Å²) in [6, 6.07) is 1.70. The molecule has 58 valence electrons. The van der Waals surface area contributed by atoms with Gasteiger partial charge in [0.1, 0.15) is 0 Å². The number of aliphatic carboxylic acids is 1. The topological polar surface area (TPSA) is 71.3 Å². The summed E-state index contributed by atoms with van der Waals surface area (Å²) in [4.78, 5) is 9.00. The standard InChI is InChI=1S/C4H8N2.C2H4O2/c1-3-4(6-3)2-5-1;1-2(3)4/h3-6H,1-2H2;1H3,(H,3,4). The number of hydrogen-bond donors (Lipinski definition) is 3. The van der Waals surface area contributed by atoms with Gasteiger partial charge in [-0.1, -0.05) is 0 Å². The molecule has 4 nitrogen and oxygen atoms in total. The van der Waals surface area contributed by atoms with Gasteiger partial charge in [0.15, 0.2) is 0 Å². The zero-order valence-electron chi connectivity index (χ0n) is 5.92. The Labute approximate surface area is 59.6 Å². The fraction of sp³-hybridized carbons (Fsp3) is 0.833. The summed E-state index contributed by atoms with van der Waals surface area (Å²) < 4.78 is 0. The summed E-state index contributed by atoms with van der Waals surface area (Å²) in [5, 5.41) is 14.0. The van der Waals surface area contributed by atoms with Crippen molar-refractivity contribution in [3.63, 3.8) is 0 Å². The predicted molar refractivity (Wildman–Crippen MR) is 36.9 cm³/mol. The van der Waals surface area contributed by atoms with E-state index in [1.807, 2.05) is 0 Å². The fourth-order valence-corrected chi connectivity index (χ4v) is 1.02. The molecule has 0 bridgehead atoms. The zero-order valence-corrected chi connectivity index (χ0v) is 5.92. The zero-order chi connectivity index (χ0) is 7.56. The van der Waals surface area contributed by atoms with Crippen LogP contribution in [0.3, 0.4) is 0 Å². The molecule has 0 radical (unpaired) electrons. The quantitative estimate of drug-likeness (QED) is 0.382. The predicted octanol–water partition coefficient (Wildman–Crippen LogP) is -0.979. The van der Waals surface area contributed by atoms with Crippen LogP contribution in [0.2, 0.25) is 0 Å². The van der Waals surface area contributed by atoms with Gasteiger partial charge in [0.05, 0.1) is 0 Å². The van der Waals surface area contributed by atoms with E-state index >= 15 is 0 Å². The van der Waals surface area contributed by atoms with Crippen LogP contribution >= 0.6 is 0 Å². The molecule has 0 saturated carbocycles. The molecule has 0 aliphatic carbocycles. The second-order valence-electron chi connectivity index (χ2n) is 2.56. The van der Waals surface area contributed by atoms with Gasteiger partial charge in [0.2, 0.25) is 0 Å². The summed E-state index contributed by atoms with van der Waals surface area (Å²) in [7, 11) is 0. The van der Waals surface area contributed by atoms with Crippen LogP contribution in [0.4, 0.5) is 0 Å². The van der Waals surface area contributed by atoms with E-state index in [1.54, 1.807) is 0 Å². The molecule has 0 spiro atoms. The van der Waals surface area contributed by atoms with Crippen LogP contribution in [0.5, 0.6) is 0 Å². The smallest absolute Gasteiger partial charge is 0.300 e. The minimum absolute atomic E-state index is 0.833. The molecule has 3 N–H and O–H groups in total. The highest BCUT2D eigenvalue weighted by Crippen LogP contribution is 2.12. The minimum Gasteiger partial charge on any atom is -0.481 e. The van der Waals surface area contributed by atoms with Crippen LogP contribution in [-0.2, 0) is 4.79 Å². The average Bonchev–Trinajstić information content (AvgIpc) is 2.40. The number of hydrogen-bond acceptors (Lipinski definition) is 3. The maximum absolute atomic E-state index is 9.00. The molecule has 10 heavy (non-hydrogen) atoms. The number of carbonyl (C=O) groups is 1. The van der Waals surface area contributed by atoms with Gasteiger partial charge in [-0.3, -0.25) is 4.79 Å². The first-order chi connectivity index (χ1) is 4.70. The second-order valence-corrected chi connectivity index (χ2v) is 2.56. The van der Waals surface area contributed by atoms with Gasteiger partial charge in [0.25, 0.3) is 5.97 Å². The van der Waals surface area contributed by atoms with Crippen LogP contribution < -0.4 is 10.6 Å². The van der Waals surface area contributed by atoms with Gasteiger partial charge in [-0.25, -0.2) is 0 Å². The molecule has 0 aromatic heterocycles. The third-order valence-electron chi connectivity index (χ3n) is 1.53. The first-order valence-electron chi connectivity index (χ1n) is 3.36. The molecular formula is C6H12N2O2. The molecule has 0 amide bonds. The van der Waals surface area contributed by atoms with Gasteiger partial charge in [-0.05, 0) is 0 Å². The first kappa shape index (κ1) is 7.50. The van der Waals surface area contributed by atoms with Crippen molar-refractivity contribution in [3.05, 3.63) is 0 Å². The van der Waals surface area contributed by atoms with Crippen molar-refractivity contribution in [2.45, 2.75) is 19.0 Å². The Kier molecular flexibility index (Phi) is 2.24. The Bertz CT molecular complexity index is 126. The minimum atomic E-state index is -0.833. The lowest BCUT2D eigenvalue weighted by Gasteiger charge is -1.88. The lowest BCUT2D eigenvalue weighted by Crippen LogP contribution is -2.18. The Hall–Kier alpha value is -0.610. The van der Waals surface area contributed by atoms with Crippen LogP contribution in [0.15, 0.2) is 0 Å². The SMILES string of the molecule is C1NCC2NC12.CC(=O)O. The summed E-state index contributed by atoms with van der Waals surface area (Å²) >= 11 is 0. The molecule has 2 atom stereocenters. The van der Waals surface area contributed by atoms with Gasteiger partial charge in [-0.15, -0.1) is 0 Å². The second kappa shape index (κ2) is 2.98. The number of rotatable bonds is 0. The van der Waals surface area contributed by atoms with Crippen LogP contribution in [0.25, 0.3) is 0 Å². The highest BCUT2D eigenvalue weighted by Gasteiger charge is 2.39. The summed E-state index contributed by atoms with van der Waals surface area (Å²) in [6.45, 7) is 3.48. The summed E-state index contributed by atoms with van der Waals surface area (Å²) in [5.74, 6) is -0.833. The van der Waals surface area contributed by atoms with Crippen LogP contribution in [0.1, 0.15) is 6.92 Å². The molecule has 0 aromatic carbocycles.